The number of nitrogens with zero attached hydrogens (tertiary/aromatic N) is 3. The molecule has 0 fully saturated rings. The third kappa shape index (κ3) is 6.70. The summed E-state index contributed by atoms with van der Waals surface area (Å²) in [4.78, 5) is 7.76. The molecule has 7 aromatic carbocycles. The molecule has 0 radical (unpaired) electrons. The predicted octanol–water partition coefficient (Wildman–Crippen LogP) is 16.3. The zero-order valence-corrected chi connectivity index (χ0v) is 43.5. The maximum atomic E-state index is 7.40. The Morgan fingerprint density at radius 2 is 1.06 bits per heavy atom. The van der Waals surface area contributed by atoms with Gasteiger partial charge in [-0.2, -0.15) is 0 Å². The molecule has 4 aliphatic rings. The second kappa shape index (κ2) is 15.3. The van der Waals surface area contributed by atoms with Gasteiger partial charge < -0.3 is 19.1 Å². The van der Waals surface area contributed by atoms with Crippen LogP contribution in [-0.2, 0) is 27.1 Å². The number of hydrogen-bond donors (Lipinski definition) is 0. The summed E-state index contributed by atoms with van der Waals surface area (Å²) in [6.45, 7) is 28.9. The lowest BCUT2D eigenvalue weighted by molar-refractivity contribution is 0.331. The van der Waals surface area contributed by atoms with E-state index in [9.17, 15) is 0 Å². The number of aryl methyl sites for hydroxylation is 1. The minimum Gasteiger partial charge on any atom is -0.468 e. The van der Waals surface area contributed by atoms with Gasteiger partial charge in [0, 0.05) is 45.2 Å². The molecule has 8 aromatic rings. The van der Waals surface area contributed by atoms with Crippen molar-refractivity contribution in [3.63, 3.8) is 0 Å². The average Bonchev–Trinajstić information content (AvgIpc) is 3.71. The van der Waals surface area contributed by atoms with Gasteiger partial charge in [-0.15, -0.1) is 0 Å². The first-order valence-corrected chi connectivity index (χ1v) is 25.9. The Kier molecular flexibility index (Phi) is 9.76. The SMILES string of the molecule is Cc1cc2c(cc1N1c3cc(N(c4ccccc4)c4ccccc4)cc4c3B(c3ccc5c(c31)C(C)(C)CCC5(C)C)c1oc3ccccc3c1N4c1ccc(C(C)(C)C)cc1)C(C)(C)CCC2(C)C. The van der Waals surface area contributed by atoms with E-state index in [4.69, 9.17) is 4.42 Å². The summed E-state index contributed by atoms with van der Waals surface area (Å²) in [5.41, 5.74) is 23.5. The fourth-order valence-electron chi connectivity index (χ4n) is 12.9. The molecule has 0 N–H and O–H groups in total. The molecule has 1 aromatic heterocycles. The van der Waals surface area contributed by atoms with Crippen molar-refractivity contribution in [3.8, 4) is 0 Å². The van der Waals surface area contributed by atoms with Crippen LogP contribution in [0.5, 0.6) is 0 Å². The van der Waals surface area contributed by atoms with Gasteiger partial charge in [0.2, 0.25) is 0 Å². The zero-order valence-electron chi connectivity index (χ0n) is 43.5. The predicted molar refractivity (Wildman–Crippen MR) is 299 cm³/mol. The first-order valence-electron chi connectivity index (χ1n) is 25.9. The van der Waals surface area contributed by atoms with Crippen molar-refractivity contribution >= 4 is 85.5 Å². The number of rotatable bonds is 5. The fraction of sp³-hybridized carbons (Fsp3) is 0.323. The Bertz CT molecular complexity index is 3350. The molecule has 0 atom stereocenters. The normalized spacial score (nSPS) is 17.9. The first-order chi connectivity index (χ1) is 33.2. The maximum Gasteiger partial charge on any atom is 0.297 e. The van der Waals surface area contributed by atoms with E-state index in [1.807, 2.05) is 0 Å². The lowest BCUT2D eigenvalue weighted by Crippen LogP contribution is -2.61. The molecule has 0 saturated carbocycles. The van der Waals surface area contributed by atoms with E-state index in [2.05, 4.69) is 243 Å². The second-order valence-electron chi connectivity index (χ2n) is 24.8. The van der Waals surface area contributed by atoms with Gasteiger partial charge in [0.15, 0.2) is 0 Å². The highest BCUT2D eigenvalue weighted by Gasteiger charge is 2.51. The highest BCUT2D eigenvalue weighted by molar-refractivity contribution is 7.00. The minimum absolute atomic E-state index is 0.000271. The highest BCUT2D eigenvalue weighted by atomic mass is 16.3. The molecule has 70 heavy (non-hydrogen) atoms. The van der Waals surface area contributed by atoms with Crippen molar-refractivity contribution in [1.82, 2.24) is 0 Å². The van der Waals surface area contributed by atoms with Crippen molar-refractivity contribution in [1.29, 1.82) is 0 Å². The van der Waals surface area contributed by atoms with E-state index < -0.39 is 0 Å². The molecule has 352 valence electrons. The molecule has 4 nitrogen and oxygen atoms in total. The van der Waals surface area contributed by atoms with E-state index in [0.29, 0.717) is 0 Å². The van der Waals surface area contributed by atoms with Gasteiger partial charge in [0.25, 0.3) is 6.71 Å². The van der Waals surface area contributed by atoms with Crippen LogP contribution in [0.2, 0.25) is 0 Å². The van der Waals surface area contributed by atoms with E-state index in [1.165, 1.54) is 73.5 Å². The molecule has 0 saturated heterocycles. The fourth-order valence-corrected chi connectivity index (χ4v) is 12.9. The van der Waals surface area contributed by atoms with E-state index in [-0.39, 0.29) is 33.8 Å². The molecule has 5 heteroatoms. The smallest absolute Gasteiger partial charge is 0.297 e. The van der Waals surface area contributed by atoms with Crippen molar-refractivity contribution in [2.45, 2.75) is 136 Å². The van der Waals surface area contributed by atoms with Crippen molar-refractivity contribution < 1.29 is 4.42 Å². The van der Waals surface area contributed by atoms with Gasteiger partial charge >= 0.3 is 0 Å². The quantitative estimate of drug-likeness (QED) is 0.160. The number of fused-ring (bicyclic) bond motifs is 9. The second-order valence-corrected chi connectivity index (χ2v) is 24.8. The molecular formula is C65H68BN3O. The number of para-hydroxylation sites is 3. The van der Waals surface area contributed by atoms with Crippen molar-refractivity contribution in [2.24, 2.45) is 0 Å². The van der Waals surface area contributed by atoms with Crippen LogP contribution in [0.1, 0.15) is 135 Å². The monoisotopic (exact) mass is 918 g/mol. The summed E-state index contributed by atoms with van der Waals surface area (Å²) in [5.74, 6) is 0. The van der Waals surface area contributed by atoms with Gasteiger partial charge in [-0.1, -0.05) is 155 Å². The molecule has 12 rings (SSSR count). The molecule has 2 aliphatic carbocycles. The molecule has 0 spiro atoms. The first kappa shape index (κ1) is 44.7. The van der Waals surface area contributed by atoms with Gasteiger partial charge in [-0.3, -0.25) is 0 Å². The van der Waals surface area contributed by atoms with Crippen LogP contribution in [0.3, 0.4) is 0 Å². The number of anilines is 9. The summed E-state index contributed by atoms with van der Waals surface area (Å²) in [7, 11) is 0. The Labute approximate surface area is 417 Å². The van der Waals surface area contributed by atoms with E-state index >= 15 is 0 Å². The topological polar surface area (TPSA) is 22.9 Å². The van der Waals surface area contributed by atoms with Crippen molar-refractivity contribution in [3.05, 3.63) is 179 Å². The Morgan fingerprint density at radius 1 is 0.514 bits per heavy atom. The van der Waals surface area contributed by atoms with E-state index in [1.54, 1.807) is 0 Å². The van der Waals surface area contributed by atoms with Gasteiger partial charge in [0.1, 0.15) is 5.58 Å². The van der Waals surface area contributed by atoms with Gasteiger partial charge in [-0.05, 0) is 171 Å². The largest absolute Gasteiger partial charge is 0.468 e. The van der Waals surface area contributed by atoms with E-state index in [0.717, 1.165) is 64.3 Å². The number of benzene rings is 7. The summed E-state index contributed by atoms with van der Waals surface area (Å²) < 4.78 is 7.40. The molecule has 2 aliphatic heterocycles. The van der Waals surface area contributed by atoms with Gasteiger partial charge in [0.05, 0.1) is 17.0 Å². The highest BCUT2D eigenvalue weighted by Crippen LogP contribution is 2.57. The van der Waals surface area contributed by atoms with Crippen LogP contribution in [0.4, 0.5) is 51.2 Å². The molecule has 3 heterocycles. The lowest BCUT2D eigenvalue weighted by atomic mass is 9.35. The zero-order chi connectivity index (χ0) is 48.9. The van der Waals surface area contributed by atoms with Crippen LogP contribution in [0.25, 0.3) is 11.0 Å². The Morgan fingerprint density at radius 3 is 1.67 bits per heavy atom. The van der Waals surface area contributed by atoms with Crippen molar-refractivity contribution in [2.75, 3.05) is 14.7 Å². The van der Waals surface area contributed by atoms with Crippen LogP contribution in [-0.4, -0.2) is 6.71 Å². The number of furan rings is 1. The molecule has 0 bridgehead atoms. The van der Waals surface area contributed by atoms with Gasteiger partial charge in [-0.25, -0.2) is 0 Å². The van der Waals surface area contributed by atoms with Crippen LogP contribution >= 0.6 is 0 Å². The third-order valence-corrected chi connectivity index (χ3v) is 17.2. The third-order valence-electron chi connectivity index (χ3n) is 17.2. The Hall–Kier alpha value is -6.46. The molecule has 0 amide bonds. The standard InChI is InChI=1S/C65H68BN3O/c1-41-37-49-50(64(9,10)34-33-63(49,7)8)40-52(41)69-54-39-46(67(43-21-15-13-16-22-43)44-23-17-14-18-24-44)38-53-57(54)66(51-32-31-48-56(59(51)69)65(11,12)36-35-62(48,5)6)60-58(47-25-19-20-26-55(47)70-60)68(53)45-29-27-42(28-30-45)61(2,3)4/h13-32,37-40H,33-36H2,1-12H3. The summed E-state index contributed by atoms with van der Waals surface area (Å²) in [5, 5.41) is 1.12. The Balaban J connectivity index is 1.27. The summed E-state index contributed by atoms with van der Waals surface area (Å²) in [6, 6.07) is 55.1. The average molecular weight is 918 g/mol. The lowest BCUT2D eigenvalue weighted by Gasteiger charge is -2.49. The summed E-state index contributed by atoms with van der Waals surface area (Å²) in [6.07, 6.45) is 4.57. The number of hydrogen-bond acceptors (Lipinski definition) is 4. The summed E-state index contributed by atoms with van der Waals surface area (Å²) >= 11 is 0. The molecular weight excluding hydrogens is 850 g/mol. The molecule has 0 unspecified atom stereocenters. The van der Waals surface area contributed by atoms with Crippen LogP contribution in [0.15, 0.2) is 150 Å². The minimum atomic E-state index is -0.167. The maximum absolute atomic E-state index is 7.40. The van der Waals surface area contributed by atoms with Crippen LogP contribution < -0.4 is 31.3 Å². The van der Waals surface area contributed by atoms with Crippen LogP contribution in [0, 0.1) is 6.92 Å².